The molecule has 0 bridgehead atoms. The van der Waals surface area contributed by atoms with Crippen LogP contribution >= 0.6 is 0 Å². The van der Waals surface area contributed by atoms with Crippen LogP contribution in [0.4, 0.5) is 0 Å². The number of fused-ring (bicyclic) bond motifs is 1. The second-order valence-electron chi connectivity index (χ2n) is 5.48. The molecule has 1 atom stereocenters. The van der Waals surface area contributed by atoms with E-state index in [1.165, 1.54) is 4.31 Å². The number of nitrogens with zero attached hydrogens (tertiary/aromatic N) is 1. The third kappa shape index (κ3) is 2.58. The Morgan fingerprint density at radius 3 is 2.20 bits per heavy atom. The molecule has 0 aliphatic carbocycles. The Morgan fingerprint density at radius 1 is 0.950 bits per heavy atom. The largest absolute Gasteiger partial charge is 0.243 e. The highest BCUT2D eigenvalue weighted by Gasteiger charge is 2.28. The van der Waals surface area contributed by atoms with Gasteiger partial charge in [-0.05, 0) is 24.3 Å². The van der Waals surface area contributed by atoms with Crippen LogP contribution in [0.5, 0.6) is 0 Å². The van der Waals surface area contributed by atoms with E-state index in [4.69, 9.17) is 0 Å². The van der Waals surface area contributed by atoms with Gasteiger partial charge in [-0.1, -0.05) is 50.2 Å². The summed E-state index contributed by atoms with van der Waals surface area (Å²) in [5, 5.41) is 1.72. The lowest BCUT2D eigenvalue weighted by molar-refractivity contribution is 0.316. The molecule has 3 nitrogen and oxygen atoms in total. The van der Waals surface area contributed by atoms with Gasteiger partial charge in [-0.3, -0.25) is 0 Å². The summed E-state index contributed by atoms with van der Waals surface area (Å²) in [6.07, 6.45) is 0. The summed E-state index contributed by atoms with van der Waals surface area (Å²) in [6, 6.07) is 12.9. The van der Waals surface area contributed by atoms with Gasteiger partial charge in [0.1, 0.15) is 0 Å². The summed E-state index contributed by atoms with van der Waals surface area (Å²) in [6.45, 7) is 5.99. The second kappa shape index (κ2) is 5.54. The molecule has 0 aliphatic rings. The van der Waals surface area contributed by atoms with Crippen molar-refractivity contribution in [1.29, 1.82) is 0 Å². The monoisotopic (exact) mass is 291 g/mol. The molecule has 108 valence electrons. The average molecular weight is 291 g/mol. The van der Waals surface area contributed by atoms with E-state index in [9.17, 15) is 8.42 Å². The van der Waals surface area contributed by atoms with E-state index < -0.39 is 10.0 Å². The standard InChI is InChI=1S/C16H21NO2S/c1-12(2)13(3)17(4)20(18,19)16-11-7-9-14-8-5-6-10-15(14)16/h5-13H,1-4H3. The van der Waals surface area contributed by atoms with Crippen molar-refractivity contribution < 1.29 is 8.42 Å². The molecule has 2 rings (SSSR count). The zero-order valence-corrected chi connectivity index (χ0v) is 13.2. The second-order valence-corrected chi connectivity index (χ2v) is 7.45. The minimum atomic E-state index is -3.48. The Hall–Kier alpha value is -1.39. The highest BCUT2D eigenvalue weighted by atomic mass is 32.2. The molecule has 0 heterocycles. The van der Waals surface area contributed by atoms with Crippen LogP contribution in [0.25, 0.3) is 10.8 Å². The number of rotatable bonds is 4. The molecular formula is C16H21NO2S. The molecule has 1 unspecified atom stereocenters. The van der Waals surface area contributed by atoms with Crippen molar-refractivity contribution in [2.75, 3.05) is 7.05 Å². The highest BCUT2D eigenvalue weighted by Crippen LogP contribution is 2.27. The van der Waals surface area contributed by atoms with Gasteiger partial charge in [0.25, 0.3) is 0 Å². The zero-order valence-electron chi connectivity index (χ0n) is 12.4. The van der Waals surface area contributed by atoms with Gasteiger partial charge in [0.05, 0.1) is 4.90 Å². The van der Waals surface area contributed by atoms with Gasteiger partial charge < -0.3 is 0 Å². The molecule has 2 aromatic carbocycles. The third-order valence-electron chi connectivity index (χ3n) is 3.95. The fourth-order valence-corrected chi connectivity index (χ4v) is 3.92. The van der Waals surface area contributed by atoms with Crippen LogP contribution in [0.1, 0.15) is 20.8 Å². The Morgan fingerprint density at radius 2 is 1.55 bits per heavy atom. The molecule has 20 heavy (non-hydrogen) atoms. The maximum Gasteiger partial charge on any atom is 0.243 e. The average Bonchev–Trinajstić information content (AvgIpc) is 2.44. The number of hydrogen-bond acceptors (Lipinski definition) is 2. The van der Waals surface area contributed by atoms with E-state index in [2.05, 4.69) is 0 Å². The molecule has 0 fully saturated rings. The van der Waals surface area contributed by atoms with Crippen LogP contribution in [0.3, 0.4) is 0 Å². The lowest BCUT2D eigenvalue weighted by Gasteiger charge is -2.27. The molecule has 0 spiro atoms. The smallest absolute Gasteiger partial charge is 0.207 e. The van der Waals surface area contributed by atoms with Crippen molar-refractivity contribution in [2.24, 2.45) is 5.92 Å². The molecule has 0 saturated carbocycles. The zero-order chi connectivity index (χ0) is 14.9. The van der Waals surface area contributed by atoms with Gasteiger partial charge in [0.2, 0.25) is 10.0 Å². The predicted octanol–water partition coefficient (Wildman–Crippen LogP) is 3.50. The Balaban J connectivity index is 2.58. The summed E-state index contributed by atoms with van der Waals surface area (Å²) in [5.41, 5.74) is 0. The van der Waals surface area contributed by atoms with Crippen molar-refractivity contribution in [2.45, 2.75) is 31.7 Å². The van der Waals surface area contributed by atoms with Crippen LogP contribution < -0.4 is 0 Å². The van der Waals surface area contributed by atoms with E-state index in [1.54, 1.807) is 19.2 Å². The van der Waals surface area contributed by atoms with Crippen LogP contribution in [0.2, 0.25) is 0 Å². The quantitative estimate of drug-likeness (QED) is 0.864. The number of hydrogen-bond donors (Lipinski definition) is 0. The molecule has 0 saturated heterocycles. The van der Waals surface area contributed by atoms with E-state index in [-0.39, 0.29) is 12.0 Å². The number of benzene rings is 2. The van der Waals surface area contributed by atoms with E-state index in [0.717, 1.165) is 10.8 Å². The van der Waals surface area contributed by atoms with E-state index in [0.29, 0.717) is 4.90 Å². The molecule has 0 aliphatic heterocycles. The van der Waals surface area contributed by atoms with Crippen LogP contribution in [-0.4, -0.2) is 25.8 Å². The molecule has 0 N–H and O–H groups in total. The van der Waals surface area contributed by atoms with Crippen LogP contribution in [0.15, 0.2) is 47.4 Å². The van der Waals surface area contributed by atoms with Crippen LogP contribution in [0, 0.1) is 5.92 Å². The summed E-state index contributed by atoms with van der Waals surface area (Å²) >= 11 is 0. The van der Waals surface area contributed by atoms with Crippen molar-refractivity contribution in [3.8, 4) is 0 Å². The molecule has 2 aromatic rings. The molecular weight excluding hydrogens is 270 g/mol. The van der Waals surface area contributed by atoms with E-state index in [1.807, 2.05) is 51.1 Å². The van der Waals surface area contributed by atoms with Gasteiger partial charge >= 0.3 is 0 Å². The van der Waals surface area contributed by atoms with Crippen molar-refractivity contribution in [3.05, 3.63) is 42.5 Å². The first-order valence-electron chi connectivity index (χ1n) is 6.81. The maximum atomic E-state index is 12.8. The van der Waals surface area contributed by atoms with Gasteiger partial charge in [0, 0.05) is 18.5 Å². The van der Waals surface area contributed by atoms with Gasteiger partial charge in [-0.15, -0.1) is 0 Å². The first-order valence-corrected chi connectivity index (χ1v) is 8.25. The lowest BCUT2D eigenvalue weighted by atomic mass is 10.1. The highest BCUT2D eigenvalue weighted by molar-refractivity contribution is 7.89. The Bertz CT molecular complexity index is 702. The summed E-state index contributed by atoms with van der Waals surface area (Å²) in [5.74, 6) is 0.268. The van der Waals surface area contributed by atoms with Gasteiger partial charge in [-0.2, -0.15) is 4.31 Å². The molecule has 4 heteroatoms. The van der Waals surface area contributed by atoms with Gasteiger partial charge in [-0.25, -0.2) is 8.42 Å². The molecule has 0 aromatic heterocycles. The fraction of sp³-hybridized carbons (Fsp3) is 0.375. The normalized spacial score (nSPS) is 14.1. The first kappa shape index (κ1) is 15.0. The summed E-state index contributed by atoms with van der Waals surface area (Å²) in [4.78, 5) is 0.380. The van der Waals surface area contributed by atoms with Crippen molar-refractivity contribution >= 4 is 20.8 Å². The minimum absolute atomic E-state index is 0.0426. The van der Waals surface area contributed by atoms with Crippen molar-refractivity contribution in [3.63, 3.8) is 0 Å². The minimum Gasteiger partial charge on any atom is -0.207 e. The summed E-state index contributed by atoms with van der Waals surface area (Å²) in [7, 11) is -1.82. The Labute approximate surface area is 121 Å². The first-order chi connectivity index (χ1) is 9.35. The van der Waals surface area contributed by atoms with E-state index >= 15 is 0 Å². The molecule has 0 amide bonds. The SMILES string of the molecule is CC(C)C(C)N(C)S(=O)(=O)c1cccc2ccccc12. The third-order valence-corrected chi connectivity index (χ3v) is 5.95. The lowest BCUT2D eigenvalue weighted by Crippen LogP contribution is -2.38. The van der Waals surface area contributed by atoms with Gasteiger partial charge in [0.15, 0.2) is 0 Å². The number of sulfonamides is 1. The Kier molecular flexibility index (Phi) is 4.16. The fourth-order valence-electron chi connectivity index (χ4n) is 2.21. The summed E-state index contributed by atoms with van der Waals surface area (Å²) < 4.78 is 27.1. The topological polar surface area (TPSA) is 37.4 Å². The molecule has 0 radical (unpaired) electrons. The van der Waals surface area contributed by atoms with Crippen LogP contribution in [-0.2, 0) is 10.0 Å². The maximum absolute atomic E-state index is 12.8. The van der Waals surface area contributed by atoms with Crippen molar-refractivity contribution in [1.82, 2.24) is 4.31 Å². The predicted molar refractivity (Wildman–Crippen MR) is 83.2 cm³/mol.